The zero-order valence-corrected chi connectivity index (χ0v) is 12.4. The predicted octanol–water partition coefficient (Wildman–Crippen LogP) is 1.05. The van der Waals surface area contributed by atoms with E-state index in [4.69, 9.17) is 0 Å². The third-order valence-corrected chi connectivity index (χ3v) is 2.93. The van der Waals surface area contributed by atoms with E-state index in [-0.39, 0.29) is 11.5 Å². The Morgan fingerprint density at radius 1 is 1.36 bits per heavy atom. The smallest absolute Gasteiger partial charge is 0.357 e. The van der Waals surface area contributed by atoms with E-state index >= 15 is 0 Å². The SMILES string of the molecule is Cc1ccnc(N(C)C(=O)c2cncc(OS(=O)(=O)F)c2)n1. The number of anilines is 1. The standard InChI is InChI=1S/C12H11FN4O4S/c1-8-3-4-15-12(16-8)17(2)11(18)9-5-10(7-14-6-9)21-22(13,19)20/h3-7H,1-2H3. The van der Waals surface area contributed by atoms with Gasteiger partial charge in [0.1, 0.15) is 0 Å². The van der Waals surface area contributed by atoms with Crippen LogP contribution in [0.5, 0.6) is 5.75 Å². The van der Waals surface area contributed by atoms with E-state index in [1.165, 1.54) is 19.4 Å². The van der Waals surface area contributed by atoms with Crippen molar-refractivity contribution in [1.82, 2.24) is 15.0 Å². The number of hydrogen-bond donors (Lipinski definition) is 0. The summed E-state index contributed by atoms with van der Waals surface area (Å²) in [7, 11) is -3.75. The minimum absolute atomic E-state index is 0.00578. The van der Waals surface area contributed by atoms with Gasteiger partial charge in [0.15, 0.2) is 5.75 Å². The molecule has 0 aliphatic heterocycles. The van der Waals surface area contributed by atoms with Crippen LogP contribution in [0.25, 0.3) is 0 Å². The van der Waals surface area contributed by atoms with E-state index in [2.05, 4.69) is 19.1 Å². The molecule has 0 radical (unpaired) electrons. The molecule has 0 saturated carbocycles. The summed E-state index contributed by atoms with van der Waals surface area (Å²) in [6, 6.07) is 2.72. The van der Waals surface area contributed by atoms with Crippen LogP contribution in [0.15, 0.2) is 30.7 Å². The molecule has 0 aliphatic carbocycles. The molecule has 0 saturated heterocycles. The maximum absolute atomic E-state index is 12.5. The molecule has 2 aromatic rings. The van der Waals surface area contributed by atoms with Crippen LogP contribution < -0.4 is 9.08 Å². The van der Waals surface area contributed by atoms with Crippen molar-refractivity contribution < 1.29 is 21.3 Å². The van der Waals surface area contributed by atoms with E-state index in [1.807, 2.05) is 0 Å². The molecule has 0 aliphatic rings. The molecule has 2 heterocycles. The zero-order chi connectivity index (χ0) is 16.3. The number of carbonyl (C=O) groups is 1. The first-order valence-electron chi connectivity index (χ1n) is 5.93. The summed E-state index contributed by atoms with van der Waals surface area (Å²) in [6.45, 7) is 1.74. The zero-order valence-electron chi connectivity index (χ0n) is 11.6. The van der Waals surface area contributed by atoms with E-state index in [0.717, 1.165) is 17.2 Å². The highest BCUT2D eigenvalue weighted by atomic mass is 32.3. The molecule has 0 bridgehead atoms. The van der Waals surface area contributed by atoms with Gasteiger partial charge < -0.3 is 4.18 Å². The monoisotopic (exact) mass is 326 g/mol. The first-order valence-corrected chi connectivity index (χ1v) is 7.24. The largest absolute Gasteiger partial charge is 0.488 e. The van der Waals surface area contributed by atoms with Gasteiger partial charge in [0.05, 0.1) is 11.8 Å². The van der Waals surface area contributed by atoms with Crippen LogP contribution in [0.1, 0.15) is 16.1 Å². The molecule has 0 unspecified atom stereocenters. The summed E-state index contributed by atoms with van der Waals surface area (Å²) in [6.07, 6.45) is 3.65. The van der Waals surface area contributed by atoms with Crippen LogP contribution in [0.4, 0.5) is 9.83 Å². The molecule has 10 heteroatoms. The van der Waals surface area contributed by atoms with Gasteiger partial charge in [0.25, 0.3) is 5.91 Å². The summed E-state index contributed by atoms with van der Waals surface area (Å²) in [5, 5.41) is 0. The maximum Gasteiger partial charge on any atom is 0.488 e. The van der Waals surface area contributed by atoms with Crippen molar-refractivity contribution in [3.05, 3.63) is 42.0 Å². The number of hydrogen-bond acceptors (Lipinski definition) is 7. The summed E-state index contributed by atoms with van der Waals surface area (Å²) in [5.74, 6) is -0.804. The number of halogens is 1. The van der Waals surface area contributed by atoms with Crippen molar-refractivity contribution in [2.24, 2.45) is 0 Å². The molecule has 0 aromatic carbocycles. The highest BCUT2D eigenvalue weighted by molar-refractivity contribution is 7.81. The lowest BCUT2D eigenvalue weighted by molar-refractivity contribution is 0.0991. The van der Waals surface area contributed by atoms with Crippen LogP contribution in [0.3, 0.4) is 0 Å². The third kappa shape index (κ3) is 3.95. The summed E-state index contributed by atoms with van der Waals surface area (Å²) in [4.78, 5) is 25.1. The van der Waals surface area contributed by atoms with Crippen molar-refractivity contribution in [3.8, 4) is 5.75 Å². The molecule has 2 rings (SSSR count). The second kappa shape index (κ2) is 6.02. The quantitative estimate of drug-likeness (QED) is 0.774. The Morgan fingerprint density at radius 2 is 2.09 bits per heavy atom. The number of aromatic nitrogens is 3. The van der Waals surface area contributed by atoms with Crippen molar-refractivity contribution in [2.75, 3.05) is 11.9 Å². The average Bonchev–Trinajstić information content (AvgIpc) is 2.44. The van der Waals surface area contributed by atoms with Crippen LogP contribution in [0, 0.1) is 6.92 Å². The third-order valence-electron chi connectivity index (χ3n) is 2.54. The molecule has 0 spiro atoms. The number of pyridine rings is 1. The Bertz CT molecular complexity index is 812. The van der Waals surface area contributed by atoms with Gasteiger partial charge in [-0.3, -0.25) is 14.7 Å². The number of amides is 1. The van der Waals surface area contributed by atoms with Crippen LogP contribution in [-0.2, 0) is 10.5 Å². The number of nitrogens with zero attached hydrogens (tertiary/aromatic N) is 4. The van der Waals surface area contributed by atoms with Crippen LogP contribution in [-0.4, -0.2) is 36.3 Å². The lowest BCUT2D eigenvalue weighted by Crippen LogP contribution is -2.28. The Kier molecular flexibility index (Phi) is 4.31. The number of aryl methyl sites for hydroxylation is 1. The molecule has 1 amide bonds. The van der Waals surface area contributed by atoms with Gasteiger partial charge in [0, 0.05) is 25.1 Å². The van der Waals surface area contributed by atoms with E-state index in [9.17, 15) is 17.1 Å². The molecular formula is C12H11FN4O4S. The number of carbonyl (C=O) groups excluding carboxylic acids is 1. The van der Waals surface area contributed by atoms with Crippen molar-refractivity contribution in [2.45, 2.75) is 6.92 Å². The molecule has 2 aromatic heterocycles. The second-order valence-corrected chi connectivity index (χ2v) is 5.20. The van der Waals surface area contributed by atoms with Crippen molar-refractivity contribution in [3.63, 3.8) is 0 Å². The van der Waals surface area contributed by atoms with Crippen molar-refractivity contribution >= 4 is 22.4 Å². The van der Waals surface area contributed by atoms with Gasteiger partial charge in [-0.2, -0.15) is 8.42 Å². The topological polar surface area (TPSA) is 102 Å². The summed E-state index contributed by atoms with van der Waals surface area (Å²) in [5.41, 5.74) is 0.664. The lowest BCUT2D eigenvalue weighted by atomic mass is 10.2. The van der Waals surface area contributed by atoms with E-state index in [0.29, 0.717) is 5.69 Å². The minimum atomic E-state index is -5.19. The lowest BCUT2D eigenvalue weighted by Gasteiger charge is -2.15. The summed E-state index contributed by atoms with van der Waals surface area (Å²) >= 11 is 0. The maximum atomic E-state index is 12.5. The highest BCUT2D eigenvalue weighted by Crippen LogP contribution is 2.17. The van der Waals surface area contributed by atoms with Crippen molar-refractivity contribution in [1.29, 1.82) is 0 Å². The van der Waals surface area contributed by atoms with E-state index in [1.54, 1.807) is 13.0 Å². The average molecular weight is 326 g/mol. The van der Waals surface area contributed by atoms with Gasteiger partial charge in [0.2, 0.25) is 5.95 Å². The molecule has 22 heavy (non-hydrogen) atoms. The minimum Gasteiger partial charge on any atom is -0.357 e. The number of rotatable bonds is 4. The molecule has 0 N–H and O–H groups in total. The predicted molar refractivity (Wildman–Crippen MR) is 74.4 cm³/mol. The fraction of sp³-hybridized carbons (Fsp3) is 0.167. The Balaban J connectivity index is 2.27. The molecule has 0 atom stereocenters. The Labute approximate surface area is 126 Å². The first kappa shape index (κ1) is 15.8. The molecule has 8 nitrogen and oxygen atoms in total. The first-order chi connectivity index (χ1) is 10.3. The van der Waals surface area contributed by atoms with Gasteiger partial charge >= 0.3 is 10.5 Å². The van der Waals surface area contributed by atoms with E-state index < -0.39 is 22.2 Å². The Hall–Kier alpha value is -2.62. The fourth-order valence-electron chi connectivity index (χ4n) is 1.58. The second-order valence-electron chi connectivity index (χ2n) is 4.25. The fourth-order valence-corrected chi connectivity index (χ4v) is 1.90. The van der Waals surface area contributed by atoms with Gasteiger partial charge in [-0.15, -0.1) is 0 Å². The molecule has 0 fully saturated rings. The Morgan fingerprint density at radius 3 is 2.73 bits per heavy atom. The van der Waals surface area contributed by atoms with Crippen LogP contribution in [0.2, 0.25) is 0 Å². The van der Waals surface area contributed by atoms with Gasteiger partial charge in [-0.05, 0) is 19.1 Å². The van der Waals surface area contributed by atoms with Crippen LogP contribution >= 0.6 is 0 Å². The van der Waals surface area contributed by atoms with Gasteiger partial charge in [-0.1, -0.05) is 3.89 Å². The molecule has 116 valence electrons. The normalized spacial score (nSPS) is 11.0. The summed E-state index contributed by atoms with van der Waals surface area (Å²) < 4.78 is 37.4. The highest BCUT2D eigenvalue weighted by Gasteiger charge is 2.18. The van der Waals surface area contributed by atoms with Gasteiger partial charge in [-0.25, -0.2) is 9.97 Å². The molecular weight excluding hydrogens is 315 g/mol.